The third-order valence-electron chi connectivity index (χ3n) is 3.30. The van der Waals surface area contributed by atoms with Crippen molar-refractivity contribution in [2.24, 2.45) is 0 Å². The first kappa shape index (κ1) is 13.9. The van der Waals surface area contributed by atoms with Crippen LogP contribution in [0.1, 0.15) is 5.56 Å². The molecule has 1 heterocycles. The van der Waals surface area contributed by atoms with Crippen LogP contribution in [0.5, 0.6) is 0 Å². The van der Waals surface area contributed by atoms with Crippen molar-refractivity contribution in [3.63, 3.8) is 0 Å². The molecular formula is C17H17N5. The van der Waals surface area contributed by atoms with E-state index in [-0.39, 0.29) is 0 Å². The van der Waals surface area contributed by atoms with Crippen molar-refractivity contribution in [2.75, 3.05) is 16.8 Å². The number of nitrogens with one attached hydrogen (secondary N) is 1. The van der Waals surface area contributed by atoms with Gasteiger partial charge in [-0.05, 0) is 42.8 Å². The first-order valence-corrected chi connectivity index (χ1v) is 6.94. The van der Waals surface area contributed by atoms with Crippen LogP contribution in [0.4, 0.5) is 23.0 Å². The summed E-state index contributed by atoms with van der Waals surface area (Å²) in [6.07, 6.45) is 1.80. The summed E-state index contributed by atoms with van der Waals surface area (Å²) >= 11 is 0. The number of anilines is 4. The molecule has 0 spiro atoms. The summed E-state index contributed by atoms with van der Waals surface area (Å²) in [5.74, 6) is 0.531. The van der Waals surface area contributed by atoms with Crippen LogP contribution in [0.3, 0.4) is 0 Å². The smallest absolute Gasteiger partial charge is 0.227 e. The lowest BCUT2D eigenvalue weighted by molar-refractivity contribution is 1.14. The van der Waals surface area contributed by atoms with Crippen molar-refractivity contribution >= 4 is 23.0 Å². The van der Waals surface area contributed by atoms with E-state index >= 15 is 0 Å². The zero-order chi connectivity index (χ0) is 15.5. The van der Waals surface area contributed by atoms with Gasteiger partial charge in [-0.3, -0.25) is 0 Å². The van der Waals surface area contributed by atoms with Gasteiger partial charge in [-0.1, -0.05) is 18.2 Å². The Labute approximate surface area is 129 Å². The number of aromatic nitrogens is 2. The molecule has 0 atom stereocenters. The number of aryl methyl sites for hydroxylation is 1. The van der Waals surface area contributed by atoms with E-state index in [1.807, 2.05) is 55.5 Å². The van der Waals surface area contributed by atoms with Crippen LogP contribution in [0, 0.1) is 6.92 Å². The molecule has 0 amide bonds. The second-order valence-corrected chi connectivity index (χ2v) is 5.10. The minimum atomic E-state index is 0.531. The predicted molar refractivity (Wildman–Crippen MR) is 90.8 cm³/mol. The fraction of sp³-hybridized carbons (Fsp3) is 0.0588. The van der Waals surface area contributed by atoms with Gasteiger partial charge >= 0.3 is 0 Å². The Hall–Kier alpha value is -3.08. The molecule has 5 heteroatoms. The lowest BCUT2D eigenvalue weighted by Crippen LogP contribution is -2.00. The molecule has 2 aromatic carbocycles. The lowest BCUT2D eigenvalue weighted by Gasteiger charge is -2.10. The van der Waals surface area contributed by atoms with Gasteiger partial charge in [0.25, 0.3) is 0 Å². The van der Waals surface area contributed by atoms with Crippen LogP contribution in [0.15, 0.2) is 54.7 Å². The Morgan fingerprint density at radius 1 is 0.955 bits per heavy atom. The van der Waals surface area contributed by atoms with E-state index in [0.29, 0.717) is 11.6 Å². The highest BCUT2D eigenvalue weighted by molar-refractivity contribution is 5.67. The minimum Gasteiger partial charge on any atom is -0.399 e. The minimum absolute atomic E-state index is 0.531. The summed E-state index contributed by atoms with van der Waals surface area (Å²) in [7, 11) is 0. The first-order chi connectivity index (χ1) is 10.6. The molecule has 0 aliphatic carbocycles. The van der Waals surface area contributed by atoms with Crippen LogP contribution in [-0.4, -0.2) is 9.97 Å². The number of nitrogens with two attached hydrogens (primary N) is 2. The predicted octanol–water partition coefficient (Wildman–Crippen LogP) is 3.36. The Bertz CT molecular complexity index is 796. The molecule has 0 aliphatic heterocycles. The van der Waals surface area contributed by atoms with Crippen molar-refractivity contribution in [3.05, 3.63) is 60.3 Å². The van der Waals surface area contributed by atoms with Gasteiger partial charge in [-0.2, -0.15) is 0 Å². The van der Waals surface area contributed by atoms with Crippen LogP contribution >= 0.6 is 0 Å². The highest BCUT2D eigenvalue weighted by atomic mass is 15.1. The standard InChI is InChI=1S/C17H17N5/c1-11-10-20-17(21-15-4-2-3-14(19)9-15)22-16(11)12-5-7-13(18)8-6-12/h2-10H,18-19H2,1H3,(H,20,21,22). The van der Waals surface area contributed by atoms with Gasteiger partial charge in [0.15, 0.2) is 0 Å². The summed E-state index contributed by atoms with van der Waals surface area (Å²) < 4.78 is 0. The molecule has 22 heavy (non-hydrogen) atoms. The van der Waals surface area contributed by atoms with E-state index < -0.39 is 0 Å². The molecule has 0 saturated carbocycles. The maximum atomic E-state index is 5.78. The fourth-order valence-corrected chi connectivity index (χ4v) is 2.18. The van der Waals surface area contributed by atoms with Crippen LogP contribution in [0.25, 0.3) is 11.3 Å². The van der Waals surface area contributed by atoms with Crippen LogP contribution in [-0.2, 0) is 0 Å². The number of benzene rings is 2. The number of nitrogens with zero attached hydrogens (tertiary/aromatic N) is 2. The first-order valence-electron chi connectivity index (χ1n) is 6.94. The van der Waals surface area contributed by atoms with Crippen molar-refractivity contribution in [1.82, 2.24) is 9.97 Å². The highest BCUT2D eigenvalue weighted by Crippen LogP contribution is 2.24. The molecule has 0 fully saturated rings. The molecule has 0 bridgehead atoms. The molecule has 110 valence electrons. The number of hydrogen-bond donors (Lipinski definition) is 3. The molecule has 1 aromatic heterocycles. The summed E-state index contributed by atoms with van der Waals surface area (Å²) in [6, 6.07) is 15.1. The van der Waals surface area contributed by atoms with Gasteiger partial charge in [0, 0.05) is 28.8 Å². The largest absolute Gasteiger partial charge is 0.399 e. The number of rotatable bonds is 3. The van der Waals surface area contributed by atoms with Gasteiger partial charge < -0.3 is 16.8 Å². The van der Waals surface area contributed by atoms with E-state index in [1.165, 1.54) is 0 Å². The average Bonchev–Trinajstić information content (AvgIpc) is 2.50. The Kier molecular flexibility index (Phi) is 3.62. The molecule has 3 rings (SSSR count). The monoisotopic (exact) mass is 291 g/mol. The second kappa shape index (κ2) is 5.73. The lowest BCUT2D eigenvalue weighted by atomic mass is 10.1. The van der Waals surface area contributed by atoms with Gasteiger partial charge in [-0.15, -0.1) is 0 Å². The van der Waals surface area contributed by atoms with E-state index in [9.17, 15) is 0 Å². The van der Waals surface area contributed by atoms with Crippen LogP contribution in [0.2, 0.25) is 0 Å². The van der Waals surface area contributed by atoms with Crippen molar-refractivity contribution < 1.29 is 0 Å². The molecule has 5 nitrogen and oxygen atoms in total. The third-order valence-corrected chi connectivity index (χ3v) is 3.30. The Morgan fingerprint density at radius 3 is 2.45 bits per heavy atom. The normalized spacial score (nSPS) is 10.4. The highest BCUT2D eigenvalue weighted by Gasteiger charge is 2.07. The molecule has 3 aromatic rings. The van der Waals surface area contributed by atoms with Crippen LogP contribution < -0.4 is 16.8 Å². The van der Waals surface area contributed by atoms with E-state index in [0.717, 1.165) is 28.2 Å². The van der Waals surface area contributed by atoms with E-state index in [4.69, 9.17) is 11.5 Å². The van der Waals surface area contributed by atoms with Crippen molar-refractivity contribution in [2.45, 2.75) is 6.92 Å². The molecule has 0 saturated heterocycles. The third kappa shape index (κ3) is 2.98. The molecular weight excluding hydrogens is 274 g/mol. The quantitative estimate of drug-likeness (QED) is 0.644. The fourth-order valence-electron chi connectivity index (χ4n) is 2.18. The Balaban J connectivity index is 1.94. The molecule has 5 N–H and O–H groups in total. The van der Waals surface area contributed by atoms with Gasteiger partial charge in [0.1, 0.15) is 0 Å². The van der Waals surface area contributed by atoms with Crippen molar-refractivity contribution in [1.29, 1.82) is 0 Å². The summed E-state index contributed by atoms with van der Waals surface area (Å²) in [5.41, 5.74) is 16.7. The summed E-state index contributed by atoms with van der Waals surface area (Å²) in [4.78, 5) is 8.91. The average molecular weight is 291 g/mol. The van der Waals surface area contributed by atoms with Gasteiger partial charge in [0.2, 0.25) is 5.95 Å². The van der Waals surface area contributed by atoms with Gasteiger partial charge in [0.05, 0.1) is 5.69 Å². The Morgan fingerprint density at radius 2 is 1.73 bits per heavy atom. The zero-order valence-corrected chi connectivity index (χ0v) is 12.2. The topological polar surface area (TPSA) is 89.8 Å². The molecule has 0 aliphatic rings. The summed E-state index contributed by atoms with van der Waals surface area (Å²) in [5, 5.41) is 3.17. The van der Waals surface area contributed by atoms with Crippen molar-refractivity contribution in [3.8, 4) is 11.3 Å². The molecule has 0 radical (unpaired) electrons. The summed E-state index contributed by atoms with van der Waals surface area (Å²) in [6.45, 7) is 1.98. The maximum Gasteiger partial charge on any atom is 0.227 e. The number of hydrogen-bond acceptors (Lipinski definition) is 5. The second-order valence-electron chi connectivity index (χ2n) is 5.10. The SMILES string of the molecule is Cc1cnc(Nc2cccc(N)c2)nc1-c1ccc(N)cc1. The zero-order valence-electron chi connectivity index (χ0n) is 12.2. The molecule has 0 unspecified atom stereocenters. The van der Waals surface area contributed by atoms with E-state index in [1.54, 1.807) is 6.20 Å². The number of nitrogen functional groups attached to an aromatic ring is 2. The van der Waals surface area contributed by atoms with E-state index in [2.05, 4.69) is 15.3 Å². The maximum absolute atomic E-state index is 5.78. The van der Waals surface area contributed by atoms with Gasteiger partial charge in [-0.25, -0.2) is 9.97 Å².